The van der Waals surface area contributed by atoms with E-state index < -0.39 is 0 Å². The molecule has 178 valence electrons. The molecule has 3 rings (SSSR count). The molecule has 1 aliphatic heterocycles. The van der Waals surface area contributed by atoms with Crippen molar-refractivity contribution in [2.24, 2.45) is 0 Å². The number of aromatic nitrogens is 2. The van der Waals surface area contributed by atoms with Crippen molar-refractivity contribution in [3.63, 3.8) is 0 Å². The summed E-state index contributed by atoms with van der Waals surface area (Å²) in [6, 6.07) is 11.4. The fraction of sp³-hybridized carbons (Fsp3) is 0.500. The van der Waals surface area contributed by atoms with E-state index in [4.69, 9.17) is 16.3 Å². The van der Waals surface area contributed by atoms with Crippen molar-refractivity contribution in [3.05, 3.63) is 41.4 Å². The van der Waals surface area contributed by atoms with Gasteiger partial charge in [-0.15, -0.1) is 10.2 Å². The number of rotatable bonds is 8. The van der Waals surface area contributed by atoms with Gasteiger partial charge in [-0.3, -0.25) is 9.59 Å². The van der Waals surface area contributed by atoms with Crippen LogP contribution in [0.25, 0.3) is 11.3 Å². The SMILES string of the molecule is CCC(C)N(CC(=O)N1CCCN(c2ccc(-c3ccccc3Cl)nn2)CC1)C(=O)COC. The van der Waals surface area contributed by atoms with E-state index in [1.54, 1.807) is 4.90 Å². The van der Waals surface area contributed by atoms with Crippen LogP contribution < -0.4 is 4.90 Å². The minimum absolute atomic E-state index is 0.0196. The molecule has 2 amide bonds. The van der Waals surface area contributed by atoms with Crippen molar-refractivity contribution in [2.75, 3.05) is 51.3 Å². The molecule has 0 N–H and O–H groups in total. The van der Waals surface area contributed by atoms with Gasteiger partial charge >= 0.3 is 0 Å². The van der Waals surface area contributed by atoms with Gasteiger partial charge in [-0.2, -0.15) is 0 Å². The van der Waals surface area contributed by atoms with Crippen LogP contribution in [0.4, 0.5) is 5.82 Å². The van der Waals surface area contributed by atoms with Crippen LogP contribution in [0.3, 0.4) is 0 Å². The molecule has 0 spiro atoms. The van der Waals surface area contributed by atoms with Crippen LogP contribution in [-0.4, -0.2) is 84.3 Å². The molecule has 1 fully saturated rings. The lowest BCUT2D eigenvalue weighted by molar-refractivity contribution is -0.144. The van der Waals surface area contributed by atoms with E-state index in [-0.39, 0.29) is 31.0 Å². The monoisotopic (exact) mass is 473 g/mol. The number of carbonyl (C=O) groups is 2. The summed E-state index contributed by atoms with van der Waals surface area (Å²) >= 11 is 6.27. The molecule has 1 aliphatic rings. The number of anilines is 1. The van der Waals surface area contributed by atoms with E-state index in [0.29, 0.717) is 24.7 Å². The number of benzene rings is 1. The highest BCUT2D eigenvalue weighted by Crippen LogP contribution is 2.26. The Kier molecular flexibility index (Phi) is 9.03. The van der Waals surface area contributed by atoms with Gasteiger partial charge in [0.25, 0.3) is 0 Å². The predicted molar refractivity (Wildman–Crippen MR) is 129 cm³/mol. The molecule has 8 nitrogen and oxygen atoms in total. The van der Waals surface area contributed by atoms with Crippen LogP contribution in [0.2, 0.25) is 5.02 Å². The van der Waals surface area contributed by atoms with E-state index in [9.17, 15) is 9.59 Å². The molecular formula is C24H32ClN5O3. The second-order valence-electron chi connectivity index (χ2n) is 8.19. The highest BCUT2D eigenvalue weighted by atomic mass is 35.5. The van der Waals surface area contributed by atoms with E-state index in [1.165, 1.54) is 7.11 Å². The molecule has 0 aliphatic carbocycles. The number of hydrogen-bond acceptors (Lipinski definition) is 6. The van der Waals surface area contributed by atoms with E-state index in [0.717, 1.165) is 36.5 Å². The van der Waals surface area contributed by atoms with Crippen LogP contribution in [0.1, 0.15) is 26.7 Å². The van der Waals surface area contributed by atoms with E-state index in [2.05, 4.69) is 15.1 Å². The summed E-state index contributed by atoms with van der Waals surface area (Å²) in [6.45, 7) is 6.66. The Morgan fingerprint density at radius 2 is 1.91 bits per heavy atom. The summed E-state index contributed by atoms with van der Waals surface area (Å²) in [5.74, 6) is 0.573. The van der Waals surface area contributed by atoms with Gasteiger partial charge in [0.1, 0.15) is 13.2 Å². The summed E-state index contributed by atoms with van der Waals surface area (Å²) in [4.78, 5) is 31.0. The number of nitrogens with zero attached hydrogens (tertiary/aromatic N) is 5. The first-order chi connectivity index (χ1) is 15.9. The van der Waals surface area contributed by atoms with Gasteiger partial charge in [-0.1, -0.05) is 36.7 Å². The lowest BCUT2D eigenvalue weighted by atomic mass is 10.1. The highest BCUT2D eigenvalue weighted by molar-refractivity contribution is 6.33. The molecule has 9 heteroatoms. The smallest absolute Gasteiger partial charge is 0.249 e. The minimum atomic E-state index is -0.162. The maximum atomic E-state index is 13.0. The molecule has 1 aromatic heterocycles. The van der Waals surface area contributed by atoms with Gasteiger partial charge in [-0.05, 0) is 38.0 Å². The average Bonchev–Trinajstić information content (AvgIpc) is 3.09. The van der Waals surface area contributed by atoms with Gasteiger partial charge in [-0.25, -0.2) is 0 Å². The van der Waals surface area contributed by atoms with Crippen molar-refractivity contribution in [3.8, 4) is 11.3 Å². The van der Waals surface area contributed by atoms with E-state index >= 15 is 0 Å². The van der Waals surface area contributed by atoms with Crippen LogP contribution >= 0.6 is 11.6 Å². The number of halogens is 1. The standard InChI is InChI=1S/C24H32ClN5O3/c1-4-18(2)30(24(32)17-33-3)16-23(31)29-13-7-12-28(14-15-29)22-11-10-21(26-27-22)19-8-5-6-9-20(19)25/h5-6,8-11,18H,4,7,12-17H2,1-3H3. The maximum absolute atomic E-state index is 13.0. The lowest BCUT2D eigenvalue weighted by Gasteiger charge is -2.30. The zero-order valence-corrected chi connectivity index (χ0v) is 20.3. The van der Waals surface area contributed by atoms with Gasteiger partial charge in [0.15, 0.2) is 5.82 Å². The number of ether oxygens (including phenoxy) is 1. The molecule has 0 radical (unpaired) electrons. The first kappa shape index (κ1) is 24.9. The highest BCUT2D eigenvalue weighted by Gasteiger charge is 2.26. The Bertz CT molecular complexity index is 940. The third kappa shape index (κ3) is 6.42. The first-order valence-corrected chi connectivity index (χ1v) is 11.7. The number of amides is 2. The largest absolute Gasteiger partial charge is 0.375 e. The third-order valence-electron chi connectivity index (χ3n) is 5.99. The molecule has 1 unspecified atom stereocenters. The molecular weight excluding hydrogens is 442 g/mol. The quantitative estimate of drug-likeness (QED) is 0.586. The Balaban J connectivity index is 1.62. The fourth-order valence-electron chi connectivity index (χ4n) is 3.86. The predicted octanol–water partition coefficient (Wildman–Crippen LogP) is 3.11. The lowest BCUT2D eigenvalue weighted by Crippen LogP contribution is -2.48. The normalized spacial score (nSPS) is 15.2. The van der Waals surface area contributed by atoms with Crippen molar-refractivity contribution < 1.29 is 14.3 Å². The summed E-state index contributed by atoms with van der Waals surface area (Å²) in [5, 5.41) is 9.40. The summed E-state index contributed by atoms with van der Waals surface area (Å²) in [7, 11) is 1.49. The molecule has 1 aromatic carbocycles. The number of hydrogen-bond donors (Lipinski definition) is 0. The van der Waals surface area contributed by atoms with E-state index in [1.807, 2.05) is 55.1 Å². The third-order valence-corrected chi connectivity index (χ3v) is 6.32. The Morgan fingerprint density at radius 1 is 1.12 bits per heavy atom. The van der Waals surface area contributed by atoms with Crippen LogP contribution in [-0.2, 0) is 14.3 Å². The number of carbonyl (C=O) groups excluding carboxylic acids is 2. The molecule has 0 bridgehead atoms. The van der Waals surface area contributed by atoms with Crippen molar-refractivity contribution in [1.29, 1.82) is 0 Å². The fourth-order valence-corrected chi connectivity index (χ4v) is 4.10. The molecule has 2 aromatic rings. The zero-order valence-electron chi connectivity index (χ0n) is 19.5. The Morgan fingerprint density at radius 3 is 2.58 bits per heavy atom. The number of methoxy groups -OCH3 is 1. The zero-order chi connectivity index (χ0) is 23.8. The summed E-state index contributed by atoms with van der Waals surface area (Å²) in [5.41, 5.74) is 1.57. The Labute approximate surface area is 200 Å². The van der Waals surface area contributed by atoms with Gasteiger partial charge in [0.05, 0.1) is 10.7 Å². The summed E-state index contributed by atoms with van der Waals surface area (Å²) < 4.78 is 4.99. The van der Waals surface area contributed by atoms with Gasteiger partial charge < -0.3 is 19.4 Å². The molecule has 0 saturated carbocycles. The minimum Gasteiger partial charge on any atom is -0.375 e. The molecule has 33 heavy (non-hydrogen) atoms. The van der Waals surface area contributed by atoms with Crippen molar-refractivity contribution in [1.82, 2.24) is 20.0 Å². The van der Waals surface area contributed by atoms with Gasteiger partial charge in [0, 0.05) is 44.9 Å². The maximum Gasteiger partial charge on any atom is 0.249 e. The van der Waals surface area contributed by atoms with Crippen LogP contribution in [0, 0.1) is 0 Å². The van der Waals surface area contributed by atoms with Crippen LogP contribution in [0.5, 0.6) is 0 Å². The molecule has 1 saturated heterocycles. The van der Waals surface area contributed by atoms with Gasteiger partial charge in [0.2, 0.25) is 11.8 Å². The second-order valence-corrected chi connectivity index (χ2v) is 8.60. The first-order valence-electron chi connectivity index (χ1n) is 11.3. The van der Waals surface area contributed by atoms with Crippen molar-refractivity contribution >= 4 is 29.2 Å². The van der Waals surface area contributed by atoms with Crippen LogP contribution in [0.15, 0.2) is 36.4 Å². The second kappa shape index (κ2) is 12.0. The molecule has 2 heterocycles. The average molecular weight is 474 g/mol. The topological polar surface area (TPSA) is 78.9 Å². The Hall–Kier alpha value is -2.71. The summed E-state index contributed by atoms with van der Waals surface area (Å²) in [6.07, 6.45) is 1.59. The molecule has 1 atom stereocenters. The van der Waals surface area contributed by atoms with Crippen molar-refractivity contribution in [2.45, 2.75) is 32.7 Å².